The van der Waals surface area contributed by atoms with E-state index in [1.165, 1.54) is 17.1 Å². The zero-order valence-electron chi connectivity index (χ0n) is 13.3. The van der Waals surface area contributed by atoms with Gasteiger partial charge in [0.1, 0.15) is 22.4 Å². The Labute approximate surface area is 147 Å². The molecule has 8 nitrogen and oxygen atoms in total. The van der Waals surface area contributed by atoms with Crippen LogP contribution < -0.4 is 0 Å². The number of nitrogens with zero attached hydrogens (tertiary/aromatic N) is 6. The molecule has 10 heteroatoms. The Morgan fingerprint density at radius 2 is 2.00 bits per heavy atom. The van der Waals surface area contributed by atoms with Gasteiger partial charge in [-0.25, -0.2) is 28.1 Å². The van der Waals surface area contributed by atoms with Crippen LogP contribution in [0.4, 0.5) is 0 Å². The Balaban J connectivity index is 2.27. The van der Waals surface area contributed by atoms with Crippen LogP contribution >= 0.6 is 15.9 Å². The van der Waals surface area contributed by atoms with Crippen LogP contribution in [0, 0.1) is 6.92 Å². The van der Waals surface area contributed by atoms with E-state index in [9.17, 15) is 8.42 Å². The molecule has 0 fully saturated rings. The zero-order valence-corrected chi connectivity index (χ0v) is 15.7. The van der Waals surface area contributed by atoms with Gasteiger partial charge in [0.2, 0.25) is 0 Å². The molecule has 0 radical (unpaired) electrons. The Kier molecular flexibility index (Phi) is 4.26. The number of sulfone groups is 1. The number of aromatic nitrogens is 6. The fourth-order valence-electron chi connectivity index (χ4n) is 2.20. The van der Waals surface area contributed by atoms with Crippen molar-refractivity contribution in [2.24, 2.45) is 7.05 Å². The van der Waals surface area contributed by atoms with Gasteiger partial charge in [0.15, 0.2) is 21.5 Å². The molecule has 0 N–H and O–H groups in total. The molecule has 0 bridgehead atoms. The van der Waals surface area contributed by atoms with Crippen molar-refractivity contribution >= 4 is 25.8 Å². The summed E-state index contributed by atoms with van der Waals surface area (Å²) in [6.45, 7) is 3.37. The first-order chi connectivity index (χ1) is 11.3. The SMILES string of the molecule is CCS(=O)(=O)c1ccc(-n2cnc(C)n2)nc1-c1ncc(Br)n1C. The van der Waals surface area contributed by atoms with Crippen LogP contribution in [0.1, 0.15) is 12.7 Å². The van der Waals surface area contributed by atoms with Gasteiger partial charge in [0, 0.05) is 7.05 Å². The molecule has 0 aliphatic rings. The first-order valence-electron chi connectivity index (χ1n) is 7.13. The van der Waals surface area contributed by atoms with Crippen LogP contribution in [-0.2, 0) is 16.9 Å². The molecular formula is C14H15BrN6O2S. The van der Waals surface area contributed by atoms with Gasteiger partial charge in [-0.1, -0.05) is 6.92 Å². The van der Waals surface area contributed by atoms with Gasteiger partial charge < -0.3 is 4.57 Å². The van der Waals surface area contributed by atoms with E-state index in [1.54, 1.807) is 37.7 Å². The molecule has 0 saturated heterocycles. The molecular weight excluding hydrogens is 396 g/mol. The summed E-state index contributed by atoms with van der Waals surface area (Å²) < 4.78 is 28.8. The maximum absolute atomic E-state index is 12.4. The van der Waals surface area contributed by atoms with Crippen LogP contribution in [-0.4, -0.2) is 43.5 Å². The van der Waals surface area contributed by atoms with Crippen molar-refractivity contribution in [1.29, 1.82) is 0 Å². The molecule has 3 aromatic rings. The van der Waals surface area contributed by atoms with Gasteiger partial charge in [-0.2, -0.15) is 5.10 Å². The van der Waals surface area contributed by atoms with E-state index >= 15 is 0 Å². The second-order valence-electron chi connectivity index (χ2n) is 5.12. The molecule has 0 unspecified atom stereocenters. The van der Waals surface area contributed by atoms with Gasteiger partial charge in [0.25, 0.3) is 0 Å². The number of halogens is 1. The van der Waals surface area contributed by atoms with Crippen LogP contribution in [0.15, 0.2) is 34.2 Å². The monoisotopic (exact) mass is 410 g/mol. The molecule has 3 rings (SSSR count). The average Bonchev–Trinajstić information content (AvgIpc) is 3.14. The number of hydrogen-bond acceptors (Lipinski definition) is 6. The second kappa shape index (κ2) is 6.10. The van der Waals surface area contributed by atoms with Crippen LogP contribution in [0.5, 0.6) is 0 Å². The Bertz CT molecular complexity index is 1010. The van der Waals surface area contributed by atoms with Gasteiger partial charge in [-0.3, -0.25) is 0 Å². The Morgan fingerprint density at radius 3 is 2.54 bits per heavy atom. The summed E-state index contributed by atoms with van der Waals surface area (Å²) in [5, 5.41) is 4.21. The lowest BCUT2D eigenvalue weighted by atomic mass is 10.3. The zero-order chi connectivity index (χ0) is 17.5. The molecule has 3 heterocycles. The predicted octanol–water partition coefficient (Wildman–Crippen LogP) is 1.93. The predicted molar refractivity (Wildman–Crippen MR) is 91.5 cm³/mol. The minimum atomic E-state index is -3.45. The third kappa shape index (κ3) is 2.86. The van der Waals surface area contributed by atoms with E-state index in [0.29, 0.717) is 17.5 Å². The number of pyridine rings is 1. The third-order valence-corrected chi connectivity index (χ3v) is 6.04. The molecule has 0 aromatic carbocycles. The summed E-state index contributed by atoms with van der Waals surface area (Å²) >= 11 is 3.37. The van der Waals surface area contributed by atoms with Gasteiger partial charge in [-0.15, -0.1) is 0 Å². The average molecular weight is 411 g/mol. The van der Waals surface area contributed by atoms with Crippen molar-refractivity contribution in [2.75, 3.05) is 5.75 Å². The summed E-state index contributed by atoms with van der Waals surface area (Å²) in [4.78, 5) is 13.0. The Morgan fingerprint density at radius 1 is 1.25 bits per heavy atom. The highest BCUT2D eigenvalue weighted by molar-refractivity contribution is 9.10. The highest BCUT2D eigenvalue weighted by Crippen LogP contribution is 2.28. The van der Waals surface area contributed by atoms with Gasteiger partial charge >= 0.3 is 0 Å². The van der Waals surface area contributed by atoms with Gasteiger partial charge in [0.05, 0.1) is 16.8 Å². The Hall–Kier alpha value is -2.07. The summed E-state index contributed by atoms with van der Waals surface area (Å²) in [7, 11) is -1.67. The lowest BCUT2D eigenvalue weighted by Crippen LogP contribution is -2.11. The van der Waals surface area contributed by atoms with Crippen molar-refractivity contribution < 1.29 is 8.42 Å². The lowest BCUT2D eigenvalue weighted by Gasteiger charge is -2.11. The number of aryl methyl sites for hydroxylation is 1. The van der Waals surface area contributed by atoms with E-state index < -0.39 is 9.84 Å². The van der Waals surface area contributed by atoms with Crippen LogP contribution in [0.2, 0.25) is 0 Å². The van der Waals surface area contributed by atoms with E-state index in [0.717, 1.165) is 4.60 Å². The minimum Gasteiger partial charge on any atom is -0.321 e. The number of hydrogen-bond donors (Lipinski definition) is 0. The fourth-order valence-corrected chi connectivity index (χ4v) is 3.48. The van der Waals surface area contributed by atoms with E-state index in [2.05, 4.69) is 36.0 Å². The van der Waals surface area contributed by atoms with Crippen molar-refractivity contribution in [2.45, 2.75) is 18.7 Å². The topological polar surface area (TPSA) is 95.6 Å². The molecule has 0 aliphatic heterocycles. The first-order valence-corrected chi connectivity index (χ1v) is 9.58. The van der Waals surface area contributed by atoms with Crippen molar-refractivity contribution in [1.82, 2.24) is 29.3 Å². The van der Waals surface area contributed by atoms with Crippen molar-refractivity contribution in [3.63, 3.8) is 0 Å². The van der Waals surface area contributed by atoms with E-state index in [1.807, 2.05) is 0 Å². The molecule has 24 heavy (non-hydrogen) atoms. The summed E-state index contributed by atoms with van der Waals surface area (Å²) in [6.07, 6.45) is 3.13. The van der Waals surface area contributed by atoms with E-state index in [-0.39, 0.29) is 16.3 Å². The molecule has 0 amide bonds. The summed E-state index contributed by atoms with van der Waals surface area (Å²) in [5.41, 5.74) is 0.288. The first kappa shape index (κ1) is 16.8. The molecule has 126 valence electrons. The quantitative estimate of drug-likeness (QED) is 0.651. The molecule has 3 aromatic heterocycles. The van der Waals surface area contributed by atoms with E-state index in [4.69, 9.17) is 0 Å². The maximum atomic E-state index is 12.4. The highest BCUT2D eigenvalue weighted by Gasteiger charge is 2.23. The molecule has 0 aliphatic carbocycles. The second-order valence-corrected chi connectivity index (χ2v) is 8.18. The third-order valence-electron chi connectivity index (χ3n) is 3.54. The molecule has 0 spiro atoms. The number of rotatable bonds is 4. The standard InChI is InChI=1S/C14H15BrN6O2S/c1-4-24(22,23)10-5-6-12(21-8-17-9(2)19-21)18-13(10)14-16-7-11(15)20(14)3/h5-8H,4H2,1-3H3. The highest BCUT2D eigenvalue weighted by atomic mass is 79.9. The molecule has 0 atom stereocenters. The smallest absolute Gasteiger partial charge is 0.180 e. The summed E-state index contributed by atoms with van der Waals surface area (Å²) in [5.74, 6) is 1.51. The molecule has 0 saturated carbocycles. The van der Waals surface area contributed by atoms with Gasteiger partial charge in [-0.05, 0) is 35.0 Å². The van der Waals surface area contributed by atoms with Crippen LogP contribution in [0.25, 0.3) is 17.3 Å². The maximum Gasteiger partial charge on any atom is 0.180 e. The lowest BCUT2D eigenvalue weighted by molar-refractivity contribution is 0.597. The summed E-state index contributed by atoms with van der Waals surface area (Å²) in [6, 6.07) is 3.15. The fraction of sp³-hybridized carbons (Fsp3) is 0.286. The largest absolute Gasteiger partial charge is 0.321 e. The minimum absolute atomic E-state index is 0.0188. The normalized spacial score (nSPS) is 11.8. The van der Waals surface area contributed by atoms with Crippen molar-refractivity contribution in [3.8, 4) is 17.3 Å². The number of imidazole rings is 1. The van der Waals surface area contributed by atoms with Crippen LogP contribution in [0.3, 0.4) is 0 Å². The van der Waals surface area contributed by atoms with Crippen molar-refractivity contribution in [3.05, 3.63) is 35.1 Å².